The van der Waals surface area contributed by atoms with Gasteiger partial charge in [-0.3, -0.25) is 4.79 Å². The van der Waals surface area contributed by atoms with Crippen LogP contribution in [-0.4, -0.2) is 31.6 Å². The second kappa shape index (κ2) is 8.56. The highest BCUT2D eigenvalue weighted by molar-refractivity contribution is 6.35. The molecule has 5 nitrogen and oxygen atoms in total. The minimum atomic E-state index is -0.700. The summed E-state index contributed by atoms with van der Waals surface area (Å²) >= 11 is 12.1. The number of carbonyl (C=O) groups is 1. The van der Waals surface area contributed by atoms with Crippen molar-refractivity contribution in [2.75, 3.05) is 19.8 Å². The number of ketones is 1. The number of nitrogens with one attached hydrogen (secondary N) is 1. The molecule has 0 radical (unpaired) electrons. The van der Waals surface area contributed by atoms with Gasteiger partial charge >= 0.3 is 0 Å². The molecule has 2 heterocycles. The van der Waals surface area contributed by atoms with Crippen LogP contribution in [0.4, 0.5) is 0 Å². The Morgan fingerprint density at radius 2 is 1.93 bits per heavy atom. The molecule has 2 aliphatic rings. The third-order valence-electron chi connectivity index (χ3n) is 4.86. The van der Waals surface area contributed by atoms with Gasteiger partial charge in [0.05, 0.1) is 18.2 Å². The van der Waals surface area contributed by atoms with Crippen molar-refractivity contribution >= 4 is 34.7 Å². The van der Waals surface area contributed by atoms with Gasteiger partial charge in [-0.25, -0.2) is 0 Å². The molecule has 0 amide bonds. The Bertz CT molecular complexity index is 974. The van der Waals surface area contributed by atoms with Gasteiger partial charge in [0.25, 0.3) is 0 Å². The second-order valence-electron chi connectivity index (χ2n) is 6.98. The molecule has 0 unspecified atom stereocenters. The van der Waals surface area contributed by atoms with Gasteiger partial charge in [0.15, 0.2) is 23.4 Å². The molecule has 152 valence electrons. The van der Waals surface area contributed by atoms with E-state index >= 15 is 0 Å². The number of hydrogen-bond donors (Lipinski definition) is 1. The summed E-state index contributed by atoms with van der Waals surface area (Å²) in [5.74, 6) is 1.73. The van der Waals surface area contributed by atoms with Crippen molar-refractivity contribution in [3.05, 3.63) is 57.6 Å². The average molecular weight is 434 g/mol. The van der Waals surface area contributed by atoms with Gasteiger partial charge < -0.3 is 19.5 Å². The zero-order valence-electron chi connectivity index (χ0n) is 16.0. The summed E-state index contributed by atoms with van der Waals surface area (Å²) in [6.07, 6.45) is 2.58. The summed E-state index contributed by atoms with van der Waals surface area (Å²) in [7, 11) is 0. The van der Waals surface area contributed by atoms with Crippen LogP contribution in [0.15, 0.2) is 36.4 Å². The highest BCUT2D eigenvalue weighted by Crippen LogP contribution is 2.36. The summed E-state index contributed by atoms with van der Waals surface area (Å²) in [6, 6.07) is 8.87. The van der Waals surface area contributed by atoms with Gasteiger partial charge in [-0.05, 0) is 49.2 Å². The van der Waals surface area contributed by atoms with Crippen molar-refractivity contribution in [1.82, 2.24) is 5.32 Å². The first kappa shape index (κ1) is 19.9. The molecule has 29 heavy (non-hydrogen) atoms. The maximum atomic E-state index is 12.8. The first-order chi connectivity index (χ1) is 14.0. The van der Waals surface area contributed by atoms with Crippen LogP contribution in [-0.2, 0) is 11.2 Å². The van der Waals surface area contributed by atoms with Crippen molar-refractivity contribution in [3.63, 3.8) is 0 Å². The van der Waals surface area contributed by atoms with Crippen LogP contribution in [0.2, 0.25) is 10.0 Å². The Morgan fingerprint density at radius 3 is 2.69 bits per heavy atom. The number of rotatable bonds is 4. The lowest BCUT2D eigenvalue weighted by molar-refractivity contribution is -0.120. The smallest absolute Gasteiger partial charge is 0.197 e. The van der Waals surface area contributed by atoms with Crippen LogP contribution in [0.5, 0.6) is 17.2 Å². The fourth-order valence-corrected chi connectivity index (χ4v) is 3.80. The molecule has 1 atom stereocenters. The third kappa shape index (κ3) is 4.46. The van der Waals surface area contributed by atoms with Crippen molar-refractivity contribution in [3.8, 4) is 17.2 Å². The second-order valence-corrected chi connectivity index (χ2v) is 7.82. The molecular weight excluding hydrogens is 413 g/mol. The zero-order valence-corrected chi connectivity index (χ0v) is 17.5. The van der Waals surface area contributed by atoms with Crippen LogP contribution in [0.3, 0.4) is 0 Å². The van der Waals surface area contributed by atoms with Crippen LogP contribution < -0.4 is 19.5 Å². The lowest BCUT2D eigenvalue weighted by Gasteiger charge is -2.23. The van der Waals surface area contributed by atoms with E-state index in [1.807, 2.05) is 12.1 Å². The normalized spacial score (nSPS) is 17.7. The van der Waals surface area contributed by atoms with Gasteiger partial charge in [0, 0.05) is 35.3 Å². The SMILES string of the molecule is C[C@@H](Oc1ccc(Cl)cc1Cl)C(=O)/C=C1\NCCc2cc3c(cc21)OCCCO3. The number of fused-ring (bicyclic) bond motifs is 2. The van der Waals surface area contributed by atoms with Gasteiger partial charge in [0.1, 0.15) is 5.75 Å². The van der Waals surface area contributed by atoms with E-state index in [9.17, 15) is 4.79 Å². The monoisotopic (exact) mass is 433 g/mol. The van der Waals surface area contributed by atoms with E-state index < -0.39 is 6.10 Å². The number of ether oxygens (including phenoxy) is 3. The summed E-state index contributed by atoms with van der Waals surface area (Å²) < 4.78 is 17.3. The molecular formula is C22H21Cl2NO4. The lowest BCUT2D eigenvalue weighted by atomic mass is 9.96. The first-order valence-corrected chi connectivity index (χ1v) is 10.3. The molecule has 4 rings (SSSR count). The van der Waals surface area contributed by atoms with E-state index in [0.29, 0.717) is 34.8 Å². The maximum absolute atomic E-state index is 12.8. The standard InChI is InChI=1S/C22H21Cl2NO4/c1-13(29-20-4-3-15(23)10-17(20)24)19(26)12-18-16-11-22-21(27-7-2-8-28-22)9-14(16)5-6-25-18/h3-4,9-13,25H,2,5-8H2,1H3/b18-12-/t13-/m1/s1. The van der Waals surface area contributed by atoms with E-state index in [1.54, 1.807) is 31.2 Å². The van der Waals surface area contributed by atoms with E-state index in [2.05, 4.69) is 5.32 Å². The highest BCUT2D eigenvalue weighted by Gasteiger charge is 2.22. The number of benzene rings is 2. The lowest BCUT2D eigenvalue weighted by Crippen LogP contribution is -2.27. The van der Waals surface area contributed by atoms with Crippen molar-refractivity contribution < 1.29 is 19.0 Å². The van der Waals surface area contributed by atoms with Crippen molar-refractivity contribution in [2.45, 2.75) is 25.9 Å². The Labute approximate surface area is 179 Å². The molecule has 0 fully saturated rings. The van der Waals surface area contributed by atoms with Gasteiger partial charge in [-0.1, -0.05) is 23.2 Å². The minimum absolute atomic E-state index is 0.168. The topological polar surface area (TPSA) is 56.8 Å². The predicted octanol–water partition coefficient (Wildman–Crippen LogP) is 4.68. The van der Waals surface area contributed by atoms with Crippen LogP contribution in [0.1, 0.15) is 24.5 Å². The molecule has 1 N–H and O–H groups in total. The number of hydrogen-bond acceptors (Lipinski definition) is 5. The molecule has 7 heteroatoms. The fourth-order valence-electron chi connectivity index (χ4n) is 3.34. The van der Waals surface area contributed by atoms with E-state index in [1.165, 1.54) is 0 Å². The van der Waals surface area contributed by atoms with Crippen molar-refractivity contribution in [2.24, 2.45) is 0 Å². The Morgan fingerprint density at radius 1 is 1.17 bits per heavy atom. The highest BCUT2D eigenvalue weighted by atomic mass is 35.5. The Hall–Kier alpha value is -2.37. The van der Waals surface area contributed by atoms with E-state index in [-0.39, 0.29) is 5.78 Å². The molecule has 2 aliphatic heterocycles. The van der Waals surface area contributed by atoms with Crippen LogP contribution >= 0.6 is 23.2 Å². The zero-order chi connectivity index (χ0) is 20.4. The number of carbonyl (C=O) groups excluding carboxylic acids is 1. The van der Waals surface area contributed by atoms with Crippen molar-refractivity contribution in [1.29, 1.82) is 0 Å². The molecule has 0 spiro atoms. The van der Waals surface area contributed by atoms with Gasteiger partial charge in [0.2, 0.25) is 0 Å². The van der Waals surface area contributed by atoms with Crippen LogP contribution in [0.25, 0.3) is 5.70 Å². The molecule has 0 bridgehead atoms. The van der Waals surface area contributed by atoms with Gasteiger partial charge in [-0.15, -0.1) is 0 Å². The Balaban J connectivity index is 1.57. The predicted molar refractivity (Wildman–Crippen MR) is 113 cm³/mol. The fraction of sp³-hybridized carbons (Fsp3) is 0.318. The van der Waals surface area contributed by atoms with E-state index in [0.717, 1.165) is 42.0 Å². The summed E-state index contributed by atoms with van der Waals surface area (Å²) in [5, 5.41) is 4.19. The summed E-state index contributed by atoms with van der Waals surface area (Å²) in [4.78, 5) is 12.8. The number of halogens is 2. The van der Waals surface area contributed by atoms with Gasteiger partial charge in [-0.2, -0.15) is 0 Å². The summed E-state index contributed by atoms with van der Waals surface area (Å²) in [5.41, 5.74) is 2.83. The third-order valence-corrected chi connectivity index (χ3v) is 5.39. The Kier molecular flexibility index (Phi) is 5.88. The quantitative estimate of drug-likeness (QED) is 0.709. The molecule has 0 saturated carbocycles. The molecule has 0 saturated heterocycles. The maximum Gasteiger partial charge on any atom is 0.197 e. The first-order valence-electron chi connectivity index (χ1n) is 9.55. The minimum Gasteiger partial charge on any atom is -0.490 e. The molecule has 2 aromatic carbocycles. The summed E-state index contributed by atoms with van der Waals surface area (Å²) in [6.45, 7) is 3.70. The molecule has 0 aliphatic carbocycles. The largest absolute Gasteiger partial charge is 0.490 e. The van der Waals surface area contributed by atoms with E-state index in [4.69, 9.17) is 37.4 Å². The van der Waals surface area contributed by atoms with Crippen LogP contribution in [0, 0.1) is 0 Å². The molecule has 0 aromatic heterocycles. The molecule has 2 aromatic rings. The average Bonchev–Trinajstić information content (AvgIpc) is 2.93.